The molecule has 43 valence electrons. The zero-order chi connectivity index (χ0) is 5.82. The van der Waals surface area contributed by atoms with E-state index >= 15 is 0 Å². The van der Waals surface area contributed by atoms with Crippen molar-refractivity contribution in [3.8, 4) is 0 Å². The fourth-order valence-electron chi connectivity index (χ4n) is 0.906. The fraction of sp³-hybridized carbons (Fsp3) is 0.375. The minimum absolute atomic E-state index is 0.687. The van der Waals surface area contributed by atoms with Gasteiger partial charge in [-0.25, -0.2) is 0 Å². The van der Waals surface area contributed by atoms with Crippen molar-refractivity contribution >= 4 is 0 Å². The number of rotatable bonds is 2. The van der Waals surface area contributed by atoms with E-state index in [1.807, 2.05) is 0 Å². The summed E-state index contributed by atoms with van der Waals surface area (Å²) in [5, 5.41) is 0. The van der Waals surface area contributed by atoms with E-state index in [9.17, 15) is 0 Å². The first-order chi connectivity index (χ1) is 3.93. The summed E-state index contributed by atoms with van der Waals surface area (Å²) in [6.45, 7) is 3.78. The van der Waals surface area contributed by atoms with Crippen LogP contribution in [0.5, 0.6) is 0 Å². The molecule has 0 aromatic heterocycles. The van der Waals surface area contributed by atoms with Crippen molar-refractivity contribution in [3.05, 3.63) is 31.2 Å². The second-order valence-corrected chi connectivity index (χ2v) is 2.08. The van der Waals surface area contributed by atoms with Crippen LogP contribution < -0.4 is 0 Å². The van der Waals surface area contributed by atoms with Crippen LogP contribution in [-0.2, 0) is 0 Å². The highest BCUT2D eigenvalue weighted by atomic mass is 14.0. The first-order valence-corrected chi connectivity index (χ1v) is 3.07. The molecule has 0 saturated heterocycles. The molecule has 0 unspecified atom stereocenters. The molecule has 0 spiro atoms. The third-order valence-electron chi connectivity index (χ3n) is 1.37. The van der Waals surface area contributed by atoms with Gasteiger partial charge in [0.2, 0.25) is 0 Å². The molecule has 1 rings (SSSR count). The Morgan fingerprint density at radius 1 is 1.25 bits per heavy atom. The molecule has 8 heavy (non-hydrogen) atoms. The van der Waals surface area contributed by atoms with Crippen molar-refractivity contribution < 1.29 is 0 Å². The van der Waals surface area contributed by atoms with Crippen molar-refractivity contribution in [1.82, 2.24) is 0 Å². The van der Waals surface area contributed by atoms with Crippen LogP contribution in [-0.4, -0.2) is 0 Å². The maximum atomic E-state index is 3.78. The van der Waals surface area contributed by atoms with Crippen molar-refractivity contribution in [3.63, 3.8) is 0 Å². The average molecular weight is 107 g/mol. The SMILES string of the molecule is [CH2]CCC1C=CC=C1. The molecule has 0 aromatic carbocycles. The molecule has 0 atom stereocenters. The minimum Gasteiger partial charge on any atom is -0.0776 e. The molecule has 0 aromatic rings. The molecule has 1 aliphatic carbocycles. The van der Waals surface area contributed by atoms with Crippen LogP contribution in [0.4, 0.5) is 0 Å². The van der Waals surface area contributed by atoms with Crippen LogP contribution in [0.25, 0.3) is 0 Å². The predicted molar refractivity (Wildman–Crippen MR) is 36.4 cm³/mol. The molecule has 1 radical (unpaired) electrons. The first-order valence-electron chi connectivity index (χ1n) is 3.07. The van der Waals surface area contributed by atoms with E-state index in [-0.39, 0.29) is 0 Å². The average Bonchev–Trinajstić information content (AvgIpc) is 2.19. The maximum absolute atomic E-state index is 3.78. The van der Waals surface area contributed by atoms with Crippen LogP contribution in [0.15, 0.2) is 24.3 Å². The van der Waals surface area contributed by atoms with E-state index in [1.165, 1.54) is 6.42 Å². The molecule has 0 saturated carbocycles. The Morgan fingerprint density at radius 3 is 2.38 bits per heavy atom. The lowest BCUT2D eigenvalue weighted by Gasteiger charge is -1.98. The zero-order valence-corrected chi connectivity index (χ0v) is 5.01. The van der Waals surface area contributed by atoms with Crippen molar-refractivity contribution in [1.29, 1.82) is 0 Å². The number of hydrogen-bond donors (Lipinski definition) is 0. The second-order valence-electron chi connectivity index (χ2n) is 2.08. The Labute approximate surface area is 50.9 Å². The highest BCUT2D eigenvalue weighted by Gasteiger charge is 1.99. The van der Waals surface area contributed by atoms with Gasteiger partial charge >= 0.3 is 0 Å². The van der Waals surface area contributed by atoms with Crippen LogP contribution >= 0.6 is 0 Å². The summed E-state index contributed by atoms with van der Waals surface area (Å²) < 4.78 is 0. The molecule has 0 nitrogen and oxygen atoms in total. The predicted octanol–water partition coefficient (Wildman–Crippen LogP) is 2.34. The molecule has 0 N–H and O–H groups in total. The highest BCUT2D eigenvalue weighted by molar-refractivity contribution is 5.17. The molecule has 0 aliphatic heterocycles. The highest BCUT2D eigenvalue weighted by Crippen LogP contribution is 2.13. The molecular weight excluding hydrogens is 96.1 g/mol. The third-order valence-corrected chi connectivity index (χ3v) is 1.37. The molecular formula is C8H11. The van der Waals surface area contributed by atoms with E-state index in [0.29, 0.717) is 5.92 Å². The van der Waals surface area contributed by atoms with Gasteiger partial charge in [0.25, 0.3) is 0 Å². The van der Waals surface area contributed by atoms with Gasteiger partial charge in [-0.05, 0) is 12.3 Å². The molecule has 1 aliphatic rings. The second kappa shape index (κ2) is 2.71. The van der Waals surface area contributed by atoms with Gasteiger partial charge in [0.05, 0.1) is 0 Å². The Balaban J connectivity index is 2.27. The first kappa shape index (κ1) is 5.61. The fourth-order valence-corrected chi connectivity index (χ4v) is 0.906. The maximum Gasteiger partial charge on any atom is -0.00473 e. The lowest BCUT2D eigenvalue weighted by Crippen LogP contribution is -1.85. The van der Waals surface area contributed by atoms with Gasteiger partial charge in [-0.3, -0.25) is 0 Å². The topological polar surface area (TPSA) is 0 Å². The normalized spacial score (nSPS) is 18.1. The van der Waals surface area contributed by atoms with Gasteiger partial charge in [0.1, 0.15) is 0 Å². The standard InChI is InChI=1S/C8H11/c1-2-5-8-6-3-4-7-8/h3-4,6-8H,1-2,5H2. The molecule has 0 bridgehead atoms. The van der Waals surface area contributed by atoms with E-state index in [2.05, 4.69) is 31.2 Å². The molecule has 0 heteroatoms. The Morgan fingerprint density at radius 2 is 1.88 bits per heavy atom. The van der Waals surface area contributed by atoms with E-state index < -0.39 is 0 Å². The quantitative estimate of drug-likeness (QED) is 0.508. The number of allylic oxidation sites excluding steroid dienone is 4. The van der Waals surface area contributed by atoms with Gasteiger partial charge in [-0.2, -0.15) is 0 Å². The van der Waals surface area contributed by atoms with Gasteiger partial charge in [-0.1, -0.05) is 37.6 Å². The summed E-state index contributed by atoms with van der Waals surface area (Å²) in [5.74, 6) is 0.687. The van der Waals surface area contributed by atoms with Crippen LogP contribution in [0, 0.1) is 12.8 Å². The molecule has 0 heterocycles. The van der Waals surface area contributed by atoms with Gasteiger partial charge in [0.15, 0.2) is 0 Å². The van der Waals surface area contributed by atoms with Gasteiger partial charge in [0, 0.05) is 0 Å². The van der Waals surface area contributed by atoms with Gasteiger partial charge < -0.3 is 0 Å². The van der Waals surface area contributed by atoms with Crippen LogP contribution in [0.3, 0.4) is 0 Å². The minimum atomic E-state index is 0.687. The lowest BCUT2D eigenvalue weighted by atomic mass is 10.1. The monoisotopic (exact) mass is 107 g/mol. The largest absolute Gasteiger partial charge is 0.0776 e. The summed E-state index contributed by atoms with van der Waals surface area (Å²) in [6, 6.07) is 0. The summed E-state index contributed by atoms with van der Waals surface area (Å²) in [4.78, 5) is 0. The third kappa shape index (κ3) is 1.22. The Kier molecular flexibility index (Phi) is 1.90. The summed E-state index contributed by atoms with van der Waals surface area (Å²) >= 11 is 0. The van der Waals surface area contributed by atoms with E-state index in [0.717, 1.165) is 6.42 Å². The lowest BCUT2D eigenvalue weighted by molar-refractivity contribution is 0.728. The summed E-state index contributed by atoms with van der Waals surface area (Å²) in [7, 11) is 0. The zero-order valence-electron chi connectivity index (χ0n) is 5.01. The molecule has 0 fully saturated rings. The van der Waals surface area contributed by atoms with Crippen molar-refractivity contribution in [2.75, 3.05) is 0 Å². The van der Waals surface area contributed by atoms with Gasteiger partial charge in [-0.15, -0.1) is 0 Å². The van der Waals surface area contributed by atoms with Crippen molar-refractivity contribution in [2.24, 2.45) is 5.92 Å². The summed E-state index contributed by atoms with van der Waals surface area (Å²) in [5.41, 5.74) is 0. The Bertz CT molecular complexity index is 97.2. The smallest absolute Gasteiger partial charge is 0.00473 e. The molecule has 0 amide bonds. The van der Waals surface area contributed by atoms with E-state index in [4.69, 9.17) is 0 Å². The summed E-state index contributed by atoms with van der Waals surface area (Å²) in [6.07, 6.45) is 10.9. The van der Waals surface area contributed by atoms with E-state index in [1.54, 1.807) is 0 Å². The Hall–Kier alpha value is -0.520. The van der Waals surface area contributed by atoms with Crippen molar-refractivity contribution in [2.45, 2.75) is 12.8 Å². The van der Waals surface area contributed by atoms with Crippen LogP contribution in [0.1, 0.15) is 12.8 Å². The number of hydrogen-bond acceptors (Lipinski definition) is 0. The van der Waals surface area contributed by atoms with Crippen LogP contribution in [0.2, 0.25) is 0 Å².